The van der Waals surface area contributed by atoms with Crippen LogP contribution in [-0.2, 0) is 4.74 Å². The van der Waals surface area contributed by atoms with E-state index < -0.39 is 6.09 Å². The fourth-order valence-corrected chi connectivity index (χ4v) is 5.13. The summed E-state index contributed by atoms with van der Waals surface area (Å²) >= 11 is 6.31. The largest absolute Gasteiger partial charge is 0.453 e. The lowest BCUT2D eigenvalue weighted by atomic mass is 9.89. The zero-order valence-corrected chi connectivity index (χ0v) is 21.5. The highest BCUT2D eigenvalue weighted by Gasteiger charge is 2.25. The second-order valence-electron chi connectivity index (χ2n) is 9.20. The van der Waals surface area contributed by atoms with Crippen molar-refractivity contribution >= 4 is 51.8 Å². The van der Waals surface area contributed by atoms with Gasteiger partial charge in [-0.3, -0.25) is 14.9 Å². The minimum atomic E-state index is -0.580. The summed E-state index contributed by atoms with van der Waals surface area (Å²) in [7, 11) is 1.29. The molecule has 3 N–H and O–H groups in total. The Morgan fingerprint density at radius 2 is 1.68 bits per heavy atom. The van der Waals surface area contributed by atoms with Crippen LogP contribution in [0.1, 0.15) is 45.0 Å². The number of halogens is 1. The second kappa shape index (κ2) is 11.0. The Kier molecular flexibility index (Phi) is 7.33. The number of fused-ring (bicyclic) bond motifs is 1. The van der Waals surface area contributed by atoms with Gasteiger partial charge >= 0.3 is 6.09 Å². The van der Waals surface area contributed by atoms with Crippen LogP contribution in [0.25, 0.3) is 10.9 Å². The molecule has 0 saturated carbocycles. The molecule has 1 aliphatic rings. The van der Waals surface area contributed by atoms with Crippen molar-refractivity contribution in [2.45, 2.75) is 18.8 Å². The first-order chi connectivity index (χ1) is 18.4. The van der Waals surface area contributed by atoms with Crippen molar-refractivity contribution in [3.8, 4) is 0 Å². The average molecular weight is 531 g/mol. The number of nitrogens with one attached hydrogen (secondary N) is 3. The molecule has 0 atom stereocenters. The number of benzene rings is 3. The average Bonchev–Trinajstić information content (AvgIpc) is 3.39. The van der Waals surface area contributed by atoms with Crippen LogP contribution in [0, 0.1) is 0 Å². The second-order valence-corrected chi connectivity index (χ2v) is 9.61. The van der Waals surface area contributed by atoms with Crippen molar-refractivity contribution in [1.82, 2.24) is 9.88 Å². The van der Waals surface area contributed by atoms with E-state index in [0.29, 0.717) is 51.9 Å². The van der Waals surface area contributed by atoms with Crippen molar-refractivity contribution in [2.75, 3.05) is 30.8 Å². The lowest BCUT2D eigenvalue weighted by molar-refractivity contribution is 0.0713. The number of carbonyl (C=O) groups is 3. The van der Waals surface area contributed by atoms with Gasteiger partial charge in [-0.25, -0.2) is 4.79 Å². The number of piperidine rings is 1. The number of anilines is 2. The molecule has 1 aromatic heterocycles. The Hall–Kier alpha value is -4.30. The number of amides is 3. The topological polar surface area (TPSA) is 104 Å². The molecular weight excluding hydrogens is 504 g/mol. The number of ether oxygens (including phenoxy) is 1. The minimum Gasteiger partial charge on any atom is -0.453 e. The van der Waals surface area contributed by atoms with E-state index in [4.69, 9.17) is 11.6 Å². The molecule has 3 amide bonds. The number of nitrogens with zero attached hydrogens (tertiary/aromatic N) is 1. The first kappa shape index (κ1) is 25.4. The normalized spacial score (nSPS) is 13.8. The fraction of sp³-hybridized carbons (Fsp3) is 0.207. The van der Waals surface area contributed by atoms with E-state index in [2.05, 4.69) is 20.4 Å². The number of rotatable bonds is 5. The van der Waals surface area contributed by atoms with Crippen LogP contribution >= 0.6 is 11.6 Å². The minimum absolute atomic E-state index is 0.0626. The molecule has 0 unspecified atom stereocenters. The lowest BCUT2D eigenvalue weighted by Gasteiger charge is -2.32. The van der Waals surface area contributed by atoms with Crippen molar-refractivity contribution in [2.24, 2.45) is 0 Å². The summed E-state index contributed by atoms with van der Waals surface area (Å²) in [5, 5.41) is 6.77. The van der Waals surface area contributed by atoms with E-state index in [-0.39, 0.29) is 11.8 Å². The zero-order chi connectivity index (χ0) is 26.6. The predicted octanol–water partition coefficient (Wildman–Crippen LogP) is 6.27. The third-order valence-electron chi connectivity index (χ3n) is 6.86. The van der Waals surface area contributed by atoms with E-state index in [1.807, 2.05) is 41.3 Å². The van der Waals surface area contributed by atoms with Gasteiger partial charge in [-0.15, -0.1) is 0 Å². The maximum atomic E-state index is 13.0. The number of H-pyrrole nitrogens is 1. The summed E-state index contributed by atoms with van der Waals surface area (Å²) in [5.41, 5.74) is 4.22. The number of likely N-dealkylation sites (tertiary alicyclic amines) is 1. The summed E-state index contributed by atoms with van der Waals surface area (Å²) in [6.07, 6.45) is 2.77. The maximum Gasteiger partial charge on any atom is 0.411 e. The molecule has 9 heteroatoms. The SMILES string of the molecule is COC(=O)Nc1cccc(C(=O)N2CCC(c3ccc(NC(=O)c4c[nH]c5cccc(Cl)c45)cc3)CC2)c1. The van der Waals surface area contributed by atoms with E-state index in [9.17, 15) is 14.4 Å². The number of hydrogen-bond donors (Lipinski definition) is 3. The molecule has 38 heavy (non-hydrogen) atoms. The summed E-state index contributed by atoms with van der Waals surface area (Å²) in [6, 6.07) is 20.2. The lowest BCUT2D eigenvalue weighted by Crippen LogP contribution is -2.37. The van der Waals surface area contributed by atoms with Gasteiger partial charge in [-0.2, -0.15) is 0 Å². The molecule has 4 aromatic rings. The highest BCUT2D eigenvalue weighted by atomic mass is 35.5. The van der Waals surface area contributed by atoms with Crippen molar-refractivity contribution in [1.29, 1.82) is 0 Å². The van der Waals surface area contributed by atoms with Gasteiger partial charge in [-0.05, 0) is 66.8 Å². The van der Waals surface area contributed by atoms with Gasteiger partial charge in [0.25, 0.3) is 11.8 Å². The quantitative estimate of drug-likeness (QED) is 0.283. The van der Waals surface area contributed by atoms with Gasteiger partial charge in [0.2, 0.25) is 0 Å². The summed E-state index contributed by atoms with van der Waals surface area (Å²) in [5.74, 6) is 0.0331. The van der Waals surface area contributed by atoms with Crippen LogP contribution in [0.3, 0.4) is 0 Å². The molecule has 194 valence electrons. The van der Waals surface area contributed by atoms with Gasteiger partial charge in [-0.1, -0.05) is 35.9 Å². The Morgan fingerprint density at radius 1 is 0.947 bits per heavy atom. The molecule has 0 aliphatic carbocycles. The maximum absolute atomic E-state index is 13.0. The molecule has 8 nitrogen and oxygen atoms in total. The third-order valence-corrected chi connectivity index (χ3v) is 7.18. The van der Waals surface area contributed by atoms with Gasteiger partial charge in [0.1, 0.15) is 0 Å². The Morgan fingerprint density at radius 3 is 2.42 bits per heavy atom. The van der Waals surface area contributed by atoms with Crippen molar-refractivity contribution in [3.05, 3.63) is 94.6 Å². The van der Waals surface area contributed by atoms with Gasteiger partial charge in [0.15, 0.2) is 0 Å². The highest BCUT2D eigenvalue weighted by Crippen LogP contribution is 2.31. The van der Waals surface area contributed by atoms with Crippen LogP contribution in [0.5, 0.6) is 0 Å². The molecule has 1 fully saturated rings. The van der Waals surface area contributed by atoms with E-state index in [1.165, 1.54) is 12.7 Å². The van der Waals surface area contributed by atoms with E-state index in [0.717, 1.165) is 18.4 Å². The van der Waals surface area contributed by atoms with Gasteiger partial charge < -0.3 is 19.9 Å². The first-order valence-electron chi connectivity index (χ1n) is 12.3. The number of aromatic nitrogens is 1. The van der Waals surface area contributed by atoms with Gasteiger partial charge in [0.05, 0.1) is 17.7 Å². The highest BCUT2D eigenvalue weighted by molar-refractivity contribution is 6.37. The summed E-state index contributed by atoms with van der Waals surface area (Å²) in [4.78, 5) is 42.3. The molecule has 0 spiro atoms. The monoisotopic (exact) mass is 530 g/mol. The first-order valence-corrected chi connectivity index (χ1v) is 12.7. The fourth-order valence-electron chi connectivity index (χ4n) is 4.85. The van der Waals surface area contributed by atoms with Crippen LogP contribution in [0.15, 0.2) is 72.9 Å². The number of carbonyl (C=O) groups excluding carboxylic acids is 3. The predicted molar refractivity (Wildman–Crippen MR) is 148 cm³/mol. The Bertz CT molecular complexity index is 1490. The number of hydrogen-bond acceptors (Lipinski definition) is 4. The van der Waals surface area contributed by atoms with Crippen LogP contribution < -0.4 is 10.6 Å². The van der Waals surface area contributed by atoms with Crippen molar-refractivity contribution < 1.29 is 19.1 Å². The van der Waals surface area contributed by atoms with E-state index >= 15 is 0 Å². The molecular formula is C29H27ClN4O4. The van der Waals surface area contributed by atoms with Crippen LogP contribution in [0.2, 0.25) is 5.02 Å². The van der Waals surface area contributed by atoms with Crippen LogP contribution in [0.4, 0.5) is 16.2 Å². The summed E-state index contributed by atoms with van der Waals surface area (Å²) < 4.78 is 4.62. The standard InChI is InChI=1S/C29H27ClN4O4/c1-38-29(37)33-22-5-2-4-20(16-22)28(36)34-14-12-19(13-15-34)18-8-10-21(11-9-18)32-27(35)23-17-31-25-7-3-6-24(30)26(23)25/h2-11,16-17,19,31H,12-15H2,1H3,(H,32,35)(H,33,37). The summed E-state index contributed by atoms with van der Waals surface area (Å²) in [6.45, 7) is 1.27. The van der Waals surface area contributed by atoms with Crippen LogP contribution in [-0.4, -0.2) is 48.0 Å². The molecule has 0 radical (unpaired) electrons. The molecule has 0 bridgehead atoms. The third kappa shape index (κ3) is 5.35. The Labute approximate surface area is 224 Å². The molecule has 1 saturated heterocycles. The smallest absolute Gasteiger partial charge is 0.411 e. The zero-order valence-electron chi connectivity index (χ0n) is 20.8. The van der Waals surface area contributed by atoms with E-state index in [1.54, 1.807) is 36.5 Å². The molecule has 2 heterocycles. The number of methoxy groups -OCH3 is 1. The molecule has 3 aromatic carbocycles. The van der Waals surface area contributed by atoms with Gasteiger partial charge in [0, 0.05) is 47.1 Å². The molecule has 1 aliphatic heterocycles. The number of aromatic amines is 1. The Balaban J connectivity index is 1.18. The molecule has 5 rings (SSSR count). The van der Waals surface area contributed by atoms with Crippen molar-refractivity contribution in [3.63, 3.8) is 0 Å².